The molecular formula is C21H37N3O4. The highest BCUT2D eigenvalue weighted by Crippen LogP contribution is 2.25. The molecule has 1 fully saturated rings. The molecule has 0 bridgehead atoms. The minimum Gasteiger partial charge on any atom is -0.478 e. The summed E-state index contributed by atoms with van der Waals surface area (Å²) in [6.07, 6.45) is 3.37. The van der Waals surface area contributed by atoms with E-state index in [0.717, 1.165) is 19.4 Å². The normalized spacial score (nSPS) is 20.8. The van der Waals surface area contributed by atoms with Crippen LogP contribution in [0.15, 0.2) is 11.6 Å². The third-order valence-electron chi connectivity index (χ3n) is 5.46. The van der Waals surface area contributed by atoms with Crippen LogP contribution in [-0.2, 0) is 14.4 Å². The fourth-order valence-corrected chi connectivity index (χ4v) is 3.56. The van der Waals surface area contributed by atoms with Crippen molar-refractivity contribution < 1.29 is 19.5 Å². The van der Waals surface area contributed by atoms with Crippen molar-refractivity contribution in [3.05, 3.63) is 11.6 Å². The molecule has 0 aromatic heterocycles. The van der Waals surface area contributed by atoms with Crippen molar-refractivity contribution in [2.45, 2.75) is 72.5 Å². The molecule has 1 aliphatic rings. The molecule has 0 spiro atoms. The molecule has 1 saturated heterocycles. The Morgan fingerprint density at radius 2 is 1.82 bits per heavy atom. The highest BCUT2D eigenvalue weighted by atomic mass is 16.4. The van der Waals surface area contributed by atoms with E-state index >= 15 is 0 Å². The molecule has 1 aliphatic heterocycles. The summed E-state index contributed by atoms with van der Waals surface area (Å²) in [5.74, 6) is -1.31. The fraction of sp³-hybridized carbons (Fsp3) is 0.762. The molecule has 160 valence electrons. The van der Waals surface area contributed by atoms with E-state index in [1.165, 1.54) is 6.92 Å². The summed E-state index contributed by atoms with van der Waals surface area (Å²) >= 11 is 0. The minimum absolute atomic E-state index is 0.0283. The number of aliphatic carboxylic acids is 1. The molecule has 2 amide bonds. The lowest BCUT2D eigenvalue weighted by Gasteiger charge is -2.38. The summed E-state index contributed by atoms with van der Waals surface area (Å²) in [6, 6.07) is -1.28. The number of carbonyl (C=O) groups excluding carboxylic acids is 2. The van der Waals surface area contributed by atoms with Crippen molar-refractivity contribution in [3.63, 3.8) is 0 Å². The van der Waals surface area contributed by atoms with Crippen molar-refractivity contribution in [1.82, 2.24) is 15.1 Å². The lowest BCUT2D eigenvalue weighted by Crippen LogP contribution is -2.58. The third-order valence-corrected chi connectivity index (χ3v) is 5.46. The monoisotopic (exact) mass is 395 g/mol. The van der Waals surface area contributed by atoms with Crippen LogP contribution in [-0.4, -0.2) is 71.5 Å². The Kier molecular flexibility index (Phi) is 8.23. The molecule has 3 atom stereocenters. The van der Waals surface area contributed by atoms with E-state index in [9.17, 15) is 19.5 Å². The topological polar surface area (TPSA) is 90.0 Å². The van der Waals surface area contributed by atoms with Gasteiger partial charge in [-0.25, -0.2) is 4.79 Å². The van der Waals surface area contributed by atoms with E-state index in [4.69, 9.17) is 0 Å². The van der Waals surface area contributed by atoms with Crippen LogP contribution in [0.3, 0.4) is 0 Å². The van der Waals surface area contributed by atoms with Crippen LogP contribution >= 0.6 is 0 Å². The van der Waals surface area contributed by atoms with Gasteiger partial charge in [-0.2, -0.15) is 0 Å². The quantitative estimate of drug-likeness (QED) is 0.645. The summed E-state index contributed by atoms with van der Waals surface area (Å²) in [6.45, 7) is 12.0. The molecule has 0 aromatic rings. The van der Waals surface area contributed by atoms with Gasteiger partial charge in [0.05, 0.1) is 12.1 Å². The highest BCUT2D eigenvalue weighted by molar-refractivity contribution is 5.91. The molecule has 1 heterocycles. The van der Waals surface area contributed by atoms with E-state index in [1.54, 1.807) is 18.0 Å². The van der Waals surface area contributed by atoms with Gasteiger partial charge in [-0.3, -0.25) is 14.5 Å². The number of likely N-dealkylation sites (tertiary alicyclic amines) is 1. The summed E-state index contributed by atoms with van der Waals surface area (Å²) in [4.78, 5) is 40.9. The molecular weight excluding hydrogens is 358 g/mol. The molecule has 0 radical (unpaired) electrons. The van der Waals surface area contributed by atoms with Gasteiger partial charge in [0, 0.05) is 12.6 Å². The Balaban J connectivity index is 3.09. The van der Waals surface area contributed by atoms with Gasteiger partial charge in [-0.15, -0.1) is 0 Å². The smallest absolute Gasteiger partial charge is 0.331 e. The zero-order valence-corrected chi connectivity index (χ0v) is 18.6. The molecule has 28 heavy (non-hydrogen) atoms. The first-order valence-corrected chi connectivity index (χ1v) is 9.96. The van der Waals surface area contributed by atoms with Crippen molar-refractivity contribution >= 4 is 17.8 Å². The van der Waals surface area contributed by atoms with Crippen LogP contribution in [0, 0.1) is 11.3 Å². The SMILES string of the molecule is C/C(=C\[C@H](C(C)C)N(C)C(=O)C(NC(=O)[C@@H]1CCCN1C)C(C)(C)C)C(=O)O. The van der Waals surface area contributed by atoms with Gasteiger partial charge >= 0.3 is 5.97 Å². The maximum atomic E-state index is 13.3. The van der Waals surface area contributed by atoms with Crippen LogP contribution in [0.5, 0.6) is 0 Å². The summed E-state index contributed by atoms with van der Waals surface area (Å²) in [5.41, 5.74) is -0.284. The van der Waals surface area contributed by atoms with Gasteiger partial charge in [0.15, 0.2) is 0 Å². The van der Waals surface area contributed by atoms with Crippen LogP contribution in [0.2, 0.25) is 0 Å². The molecule has 7 nitrogen and oxygen atoms in total. The Hall–Kier alpha value is -1.89. The van der Waals surface area contributed by atoms with Crippen molar-refractivity contribution in [3.8, 4) is 0 Å². The number of amides is 2. The number of carbonyl (C=O) groups is 3. The van der Waals surface area contributed by atoms with Gasteiger partial charge in [0.1, 0.15) is 6.04 Å². The van der Waals surface area contributed by atoms with Gasteiger partial charge in [-0.1, -0.05) is 40.7 Å². The largest absolute Gasteiger partial charge is 0.478 e. The van der Waals surface area contributed by atoms with Crippen LogP contribution in [0.4, 0.5) is 0 Å². The Morgan fingerprint density at radius 1 is 1.25 bits per heavy atom. The molecule has 0 aromatic carbocycles. The Labute approximate surface area is 169 Å². The first-order valence-electron chi connectivity index (χ1n) is 9.96. The van der Waals surface area contributed by atoms with Crippen LogP contribution in [0.25, 0.3) is 0 Å². The van der Waals surface area contributed by atoms with Gasteiger partial charge in [-0.05, 0) is 44.7 Å². The second-order valence-corrected chi connectivity index (χ2v) is 9.28. The number of nitrogens with one attached hydrogen (secondary N) is 1. The van der Waals surface area contributed by atoms with Crippen LogP contribution in [0.1, 0.15) is 54.4 Å². The molecule has 0 aliphatic carbocycles. The van der Waals surface area contributed by atoms with E-state index < -0.39 is 17.4 Å². The van der Waals surface area contributed by atoms with E-state index in [-0.39, 0.29) is 35.4 Å². The maximum Gasteiger partial charge on any atom is 0.331 e. The number of nitrogens with zero attached hydrogens (tertiary/aromatic N) is 2. The Morgan fingerprint density at radius 3 is 2.21 bits per heavy atom. The predicted molar refractivity (Wildman–Crippen MR) is 110 cm³/mol. The van der Waals surface area contributed by atoms with Crippen molar-refractivity contribution in [1.29, 1.82) is 0 Å². The highest BCUT2D eigenvalue weighted by Gasteiger charge is 2.39. The molecule has 2 N–H and O–H groups in total. The average molecular weight is 396 g/mol. The predicted octanol–water partition coefficient (Wildman–Crippen LogP) is 2.13. The molecule has 0 saturated carbocycles. The number of hydrogen-bond donors (Lipinski definition) is 2. The first kappa shape index (κ1) is 24.1. The molecule has 1 unspecified atom stereocenters. The van der Waals surface area contributed by atoms with E-state index in [1.807, 2.05) is 46.6 Å². The standard InChI is InChI=1S/C21H37N3O4/c1-13(2)16(12-14(3)20(27)28)24(8)19(26)17(21(4,5)6)22-18(25)15-10-9-11-23(15)7/h12-13,15-17H,9-11H2,1-8H3,(H,22,25)(H,27,28)/b14-12+/t15-,16+,17?/m0/s1. The summed E-state index contributed by atoms with van der Waals surface area (Å²) in [5, 5.41) is 12.2. The zero-order valence-electron chi connectivity index (χ0n) is 18.6. The number of carboxylic acid groups (broad SMARTS) is 1. The van der Waals surface area contributed by atoms with Crippen molar-refractivity contribution in [2.75, 3.05) is 20.6 Å². The molecule has 1 rings (SSSR count). The number of carboxylic acids is 1. The first-order chi connectivity index (χ1) is 12.8. The summed E-state index contributed by atoms with van der Waals surface area (Å²) in [7, 11) is 3.59. The summed E-state index contributed by atoms with van der Waals surface area (Å²) < 4.78 is 0. The minimum atomic E-state index is -1.00. The zero-order chi connectivity index (χ0) is 21.8. The number of hydrogen-bond acceptors (Lipinski definition) is 4. The second-order valence-electron chi connectivity index (χ2n) is 9.28. The van der Waals surface area contributed by atoms with Gasteiger partial charge in [0.25, 0.3) is 0 Å². The fourth-order valence-electron chi connectivity index (χ4n) is 3.56. The molecule has 7 heteroatoms. The second kappa shape index (κ2) is 9.54. The van der Waals surface area contributed by atoms with Gasteiger partial charge in [0.2, 0.25) is 11.8 Å². The maximum absolute atomic E-state index is 13.3. The lowest BCUT2D eigenvalue weighted by molar-refractivity contribution is -0.141. The third kappa shape index (κ3) is 6.06. The van der Waals surface area contributed by atoms with E-state index in [0.29, 0.717) is 0 Å². The van der Waals surface area contributed by atoms with Gasteiger partial charge < -0.3 is 15.3 Å². The van der Waals surface area contributed by atoms with E-state index in [2.05, 4.69) is 5.32 Å². The number of likely N-dealkylation sites (N-methyl/N-ethyl adjacent to an activating group) is 2. The number of rotatable bonds is 7. The lowest BCUT2D eigenvalue weighted by atomic mass is 9.85. The Bertz CT molecular complexity index is 622. The average Bonchev–Trinajstić information content (AvgIpc) is 3.00. The van der Waals surface area contributed by atoms with Crippen LogP contribution < -0.4 is 5.32 Å². The van der Waals surface area contributed by atoms with Crippen molar-refractivity contribution in [2.24, 2.45) is 11.3 Å².